The molecular weight excluding hydrogens is 711 g/mol. The molecule has 0 radical (unpaired) electrons. The Morgan fingerprint density at radius 1 is 1.02 bits per heavy atom. The maximum atomic E-state index is 14.9. The zero-order valence-corrected chi connectivity index (χ0v) is 28.4. The number of rotatable bonds is 9. The Morgan fingerprint density at radius 2 is 1.67 bits per heavy atom. The number of nitrogens with zero attached hydrogens (tertiary/aromatic N) is 3. The molecular formula is C35H37F9N4O4. The number of aromatic nitrogens is 1. The van der Waals surface area contributed by atoms with E-state index in [1.54, 1.807) is 20.2 Å². The number of carbonyl (C=O) groups excluding carboxylic acids is 1. The van der Waals surface area contributed by atoms with Gasteiger partial charge in [-0.15, -0.1) is 0 Å². The summed E-state index contributed by atoms with van der Waals surface area (Å²) in [5, 5.41) is 11.8. The normalized spacial score (nSPS) is 18.8. The molecule has 1 saturated heterocycles. The lowest BCUT2D eigenvalue weighted by molar-refractivity contribution is -0.236. The summed E-state index contributed by atoms with van der Waals surface area (Å²) in [5.41, 5.74) is -3.80. The average Bonchev–Trinajstić information content (AvgIpc) is 3.45. The predicted octanol–water partition coefficient (Wildman–Crippen LogP) is 6.02. The molecule has 1 fully saturated rings. The second-order valence-electron chi connectivity index (χ2n) is 13.9. The summed E-state index contributed by atoms with van der Waals surface area (Å²) >= 11 is 0. The van der Waals surface area contributed by atoms with Crippen molar-refractivity contribution in [2.24, 2.45) is 12.5 Å². The number of carbonyl (C=O) groups is 2. The van der Waals surface area contributed by atoms with Crippen LogP contribution in [0.3, 0.4) is 0 Å². The molecule has 2 aromatic carbocycles. The van der Waals surface area contributed by atoms with E-state index >= 15 is 0 Å². The van der Waals surface area contributed by atoms with Crippen molar-refractivity contribution in [2.45, 2.75) is 69.1 Å². The molecule has 8 nitrogen and oxygen atoms in total. The van der Waals surface area contributed by atoms with E-state index in [0.29, 0.717) is 23.2 Å². The number of hydrogen-bond donors (Lipinski definition) is 2. The van der Waals surface area contributed by atoms with E-state index in [2.05, 4.69) is 0 Å². The van der Waals surface area contributed by atoms with Gasteiger partial charge in [-0.25, -0.2) is 4.79 Å². The molecule has 1 amide bonds. The first kappa shape index (κ1) is 39.1. The second-order valence-corrected chi connectivity index (χ2v) is 13.9. The number of carboxylic acids is 1. The summed E-state index contributed by atoms with van der Waals surface area (Å²) in [6, 6.07) is 6.91. The van der Waals surface area contributed by atoms with Gasteiger partial charge in [-0.05, 0) is 81.2 Å². The number of likely N-dealkylation sites (tertiary alicyclic amines) is 1. The number of alkyl halides is 9. The van der Waals surface area contributed by atoms with E-state index in [1.165, 1.54) is 41.9 Å². The number of pyridine rings is 1. The minimum absolute atomic E-state index is 0.0462. The summed E-state index contributed by atoms with van der Waals surface area (Å²) in [6.07, 6.45) is -17.2. The van der Waals surface area contributed by atoms with Crippen LogP contribution in [0.2, 0.25) is 0 Å². The van der Waals surface area contributed by atoms with Crippen molar-refractivity contribution in [3.8, 4) is 0 Å². The Balaban J connectivity index is 1.48. The fraction of sp³-hybridized carbons (Fsp3) is 0.514. The van der Waals surface area contributed by atoms with Crippen molar-refractivity contribution in [2.75, 3.05) is 33.7 Å². The summed E-state index contributed by atoms with van der Waals surface area (Å²) in [6.45, 7) is -2.46. The molecule has 284 valence electrons. The summed E-state index contributed by atoms with van der Waals surface area (Å²) in [5.74, 6) is -4.43. The van der Waals surface area contributed by atoms with Gasteiger partial charge >= 0.3 is 24.5 Å². The van der Waals surface area contributed by atoms with Crippen LogP contribution in [0.5, 0.6) is 0 Å². The zero-order chi connectivity index (χ0) is 38.6. The third-order valence-corrected chi connectivity index (χ3v) is 10.1. The highest BCUT2D eigenvalue weighted by molar-refractivity contribution is 5.88. The third-order valence-electron chi connectivity index (χ3n) is 10.1. The molecule has 2 aliphatic rings. The Labute approximate surface area is 292 Å². The molecule has 52 heavy (non-hydrogen) atoms. The van der Waals surface area contributed by atoms with Crippen molar-refractivity contribution >= 4 is 22.8 Å². The van der Waals surface area contributed by atoms with Gasteiger partial charge in [0, 0.05) is 36.9 Å². The molecule has 1 aromatic heterocycles. The summed E-state index contributed by atoms with van der Waals surface area (Å²) in [4.78, 5) is 41.9. The van der Waals surface area contributed by atoms with Crippen LogP contribution in [0.1, 0.15) is 58.6 Å². The number of piperidine rings is 1. The zero-order valence-electron chi connectivity index (χ0n) is 28.4. The van der Waals surface area contributed by atoms with Gasteiger partial charge in [0.15, 0.2) is 0 Å². The Bertz CT molecular complexity index is 1910. The monoisotopic (exact) mass is 748 g/mol. The quantitative estimate of drug-likeness (QED) is 0.261. The number of nitrogens with one attached hydrogen (secondary N) is 1. The smallest absolute Gasteiger partial charge is 0.417 e. The fourth-order valence-electron chi connectivity index (χ4n) is 7.62. The third kappa shape index (κ3) is 7.65. The summed E-state index contributed by atoms with van der Waals surface area (Å²) < 4.78 is 127. The molecule has 2 N–H and O–H groups in total. The predicted molar refractivity (Wildman–Crippen MR) is 172 cm³/mol. The van der Waals surface area contributed by atoms with E-state index < -0.39 is 103 Å². The first-order chi connectivity index (χ1) is 24.0. The number of fused-ring (bicyclic) bond motifs is 2. The van der Waals surface area contributed by atoms with E-state index in [-0.39, 0.29) is 29.3 Å². The molecule has 3 aromatic rings. The minimum Gasteiger partial charge on any atom is -0.480 e. The standard InChI is InChI=1S/C35H37F9N4O4/c1-46(2)17-19-7-8-24-26(15-19)47(3)29(49)27(28(24)34(39,40)41)23-10-9-21-20(5-4-6-22(21)23)16-25(30(50)51)45-31(52)32(35(42,43)44)11-13-48(14-12-32)18-33(36,37)38/h4-8,15,23,25H,9-14,16-18H2,1-3H3,(H,45,52)(H,50,51)/t23-,25+/m1/s1. The number of benzene rings is 2. The van der Waals surface area contributed by atoms with E-state index in [4.69, 9.17) is 0 Å². The topological polar surface area (TPSA) is 94.9 Å². The van der Waals surface area contributed by atoms with Crippen LogP contribution in [0.4, 0.5) is 39.5 Å². The van der Waals surface area contributed by atoms with Crippen molar-refractivity contribution in [1.82, 2.24) is 19.7 Å². The van der Waals surface area contributed by atoms with Gasteiger partial charge in [0.1, 0.15) is 11.5 Å². The lowest BCUT2D eigenvalue weighted by atomic mass is 9.76. The van der Waals surface area contributed by atoms with Crippen LogP contribution in [-0.4, -0.2) is 83.5 Å². The van der Waals surface area contributed by atoms with E-state index in [1.807, 2.05) is 10.2 Å². The van der Waals surface area contributed by atoms with E-state index in [9.17, 15) is 59.0 Å². The van der Waals surface area contributed by atoms with Crippen molar-refractivity contribution in [1.29, 1.82) is 0 Å². The first-order valence-electron chi connectivity index (χ1n) is 16.4. The number of carboxylic acid groups (broad SMARTS) is 1. The molecule has 0 saturated carbocycles. The highest BCUT2D eigenvalue weighted by atomic mass is 19.4. The maximum absolute atomic E-state index is 14.9. The average molecular weight is 749 g/mol. The lowest BCUT2D eigenvalue weighted by Gasteiger charge is -2.42. The Morgan fingerprint density at radius 3 is 2.23 bits per heavy atom. The molecule has 2 atom stereocenters. The molecule has 1 aliphatic heterocycles. The molecule has 2 heterocycles. The van der Waals surface area contributed by atoms with Crippen LogP contribution in [0.25, 0.3) is 10.9 Å². The van der Waals surface area contributed by atoms with Crippen LogP contribution in [0, 0.1) is 5.41 Å². The van der Waals surface area contributed by atoms with Gasteiger partial charge in [-0.1, -0.05) is 30.3 Å². The van der Waals surface area contributed by atoms with Gasteiger partial charge in [0.25, 0.3) is 5.56 Å². The Hall–Kier alpha value is -4.12. The lowest BCUT2D eigenvalue weighted by Crippen LogP contribution is -2.59. The Kier molecular flexibility index (Phi) is 10.5. The van der Waals surface area contributed by atoms with Gasteiger partial charge in [-0.3, -0.25) is 14.5 Å². The molecule has 1 aliphatic carbocycles. The van der Waals surface area contributed by atoms with E-state index in [0.717, 1.165) is 4.90 Å². The molecule has 0 bridgehead atoms. The van der Waals surface area contributed by atoms with Crippen LogP contribution >= 0.6 is 0 Å². The summed E-state index contributed by atoms with van der Waals surface area (Å²) in [7, 11) is 4.97. The van der Waals surface area contributed by atoms with Gasteiger partial charge in [-0.2, -0.15) is 39.5 Å². The van der Waals surface area contributed by atoms with Crippen molar-refractivity contribution in [3.63, 3.8) is 0 Å². The van der Waals surface area contributed by atoms with Crippen molar-refractivity contribution in [3.05, 3.63) is 80.1 Å². The highest BCUT2D eigenvalue weighted by Crippen LogP contribution is 2.48. The van der Waals surface area contributed by atoms with Gasteiger partial charge in [0.2, 0.25) is 5.91 Å². The van der Waals surface area contributed by atoms with Crippen molar-refractivity contribution < 1.29 is 54.2 Å². The van der Waals surface area contributed by atoms with Gasteiger partial charge < -0.3 is 19.9 Å². The number of aliphatic carboxylic acids is 1. The number of aryl methyl sites for hydroxylation is 1. The van der Waals surface area contributed by atoms with Crippen LogP contribution < -0.4 is 10.9 Å². The maximum Gasteiger partial charge on any atom is 0.417 e. The number of hydrogen-bond acceptors (Lipinski definition) is 5. The number of halogens is 9. The largest absolute Gasteiger partial charge is 0.480 e. The molecule has 17 heteroatoms. The minimum atomic E-state index is -5.21. The SMILES string of the molecule is CN(C)Cc1ccc2c(C(F)(F)F)c([C@@H]3CCc4c(C[C@H](NC(=O)C5(C(F)(F)F)CCN(CC(F)(F)F)CC5)C(=O)O)cccc43)c(=O)n(C)c2c1. The second kappa shape index (κ2) is 14.0. The molecule has 0 unspecified atom stereocenters. The van der Waals surface area contributed by atoms with Crippen LogP contribution in [0.15, 0.2) is 41.2 Å². The fourth-order valence-corrected chi connectivity index (χ4v) is 7.62. The molecule has 0 spiro atoms. The highest BCUT2D eigenvalue weighted by Gasteiger charge is 2.61. The van der Waals surface area contributed by atoms with Gasteiger partial charge in [0.05, 0.1) is 17.6 Å². The first-order valence-corrected chi connectivity index (χ1v) is 16.4. The van der Waals surface area contributed by atoms with Crippen LogP contribution in [-0.2, 0) is 42.2 Å². The number of amides is 1. The molecule has 5 rings (SSSR count).